The predicted molar refractivity (Wildman–Crippen MR) is 238 cm³/mol. The van der Waals surface area contributed by atoms with Gasteiger partial charge in [-0.05, 0) is 88.3 Å². The van der Waals surface area contributed by atoms with Gasteiger partial charge in [0.25, 0.3) is 11.1 Å². The van der Waals surface area contributed by atoms with Crippen molar-refractivity contribution in [2.24, 2.45) is 23.7 Å². The number of nitrogens with zero attached hydrogens (tertiary/aromatic N) is 6. The maximum Gasteiger partial charge on any atom is 0.258 e. The molecule has 4 aliphatic heterocycles. The average molecular weight is 845 g/mol. The van der Waals surface area contributed by atoms with Gasteiger partial charge in [-0.15, -0.1) is 0 Å². The molecule has 2 saturated heterocycles. The maximum absolute atomic E-state index is 13.4. The summed E-state index contributed by atoms with van der Waals surface area (Å²) >= 11 is 0. The van der Waals surface area contributed by atoms with Crippen molar-refractivity contribution >= 4 is 24.0 Å². The molecule has 2 amide bonds. The Morgan fingerprint density at radius 1 is 0.661 bits per heavy atom. The fraction of sp³-hybridized carbons (Fsp3) is 0.458. The minimum atomic E-state index is -0.425. The van der Waals surface area contributed by atoms with Gasteiger partial charge in [-0.2, -0.15) is 0 Å². The van der Waals surface area contributed by atoms with E-state index in [-0.39, 0.29) is 72.1 Å². The van der Waals surface area contributed by atoms with Crippen molar-refractivity contribution in [3.8, 4) is 0 Å². The molecule has 4 bridgehead atoms. The van der Waals surface area contributed by atoms with Crippen LogP contribution in [0.2, 0.25) is 0 Å². The molecule has 0 aliphatic carbocycles. The number of rotatable bonds is 14. The SMILES string of the molecule is C/C=C/c1ccc2n(c1=O)C[C@@H]1[C@@H](CO)[C@H](C(=O)NCc3ccccn3)[C@H]2N1CCC.C/C=C\c1ccc2n(c1=O)C[C@@H]1[C@@H](CO)[C@H](C(=O)NCc3ccccn3)[C@H]2N1CCC. The molecule has 328 valence electrons. The number of carbonyl (C=O) groups excluding carboxylic acids is 2. The second-order valence-electron chi connectivity index (χ2n) is 16.6. The third-order valence-corrected chi connectivity index (χ3v) is 13.0. The Balaban J connectivity index is 0.000000186. The molecule has 62 heavy (non-hydrogen) atoms. The van der Waals surface area contributed by atoms with Crippen molar-refractivity contribution in [1.82, 2.24) is 39.5 Å². The van der Waals surface area contributed by atoms with Crippen molar-refractivity contribution in [2.75, 3.05) is 26.3 Å². The van der Waals surface area contributed by atoms with Gasteiger partial charge in [0.05, 0.1) is 48.4 Å². The fourth-order valence-electron chi connectivity index (χ4n) is 10.4. The lowest BCUT2D eigenvalue weighted by Crippen LogP contribution is -2.47. The summed E-state index contributed by atoms with van der Waals surface area (Å²) in [5, 5.41) is 26.6. The third kappa shape index (κ3) is 8.61. The molecule has 0 radical (unpaired) electrons. The number of aliphatic hydroxyl groups excluding tert-OH is 2. The molecule has 0 unspecified atom stereocenters. The minimum absolute atomic E-state index is 0.0343. The van der Waals surface area contributed by atoms with Crippen molar-refractivity contribution in [3.05, 3.63) is 140 Å². The van der Waals surface area contributed by atoms with Gasteiger partial charge in [0.2, 0.25) is 11.8 Å². The summed E-state index contributed by atoms with van der Waals surface area (Å²) < 4.78 is 3.62. The van der Waals surface area contributed by atoms with Crippen LogP contribution in [0.4, 0.5) is 0 Å². The first-order valence-electron chi connectivity index (χ1n) is 22.0. The van der Waals surface area contributed by atoms with Crippen LogP contribution in [0, 0.1) is 23.7 Å². The fourth-order valence-corrected chi connectivity index (χ4v) is 10.4. The van der Waals surface area contributed by atoms with Gasteiger partial charge in [-0.1, -0.05) is 50.3 Å². The Hall–Kier alpha value is -5.54. The first kappa shape index (κ1) is 44.5. The summed E-state index contributed by atoms with van der Waals surface area (Å²) in [7, 11) is 0. The van der Waals surface area contributed by atoms with E-state index < -0.39 is 11.8 Å². The standard InChI is InChI=1S/2C24H30N4O3/c2*1-3-7-16-9-10-19-22-21(23(30)26-13-17-8-5-6-11-25-17)18(15-29)20(27(22)12-4-2)14-28(19)24(16)31/h2*3,5-11,18,20-22,29H,4,12-15H2,1-2H3,(H,26,30)/b7-3+;7-3-/t2*18-,20-,21+,22+/m11/s1. The van der Waals surface area contributed by atoms with Crippen LogP contribution in [-0.4, -0.2) is 89.3 Å². The largest absolute Gasteiger partial charge is 0.396 e. The zero-order valence-electron chi connectivity index (χ0n) is 36.1. The summed E-state index contributed by atoms with van der Waals surface area (Å²) in [6, 6.07) is 18.3. The third-order valence-electron chi connectivity index (χ3n) is 13.0. The summed E-state index contributed by atoms with van der Waals surface area (Å²) in [6.07, 6.45) is 12.6. The molecule has 0 spiro atoms. The topological polar surface area (TPSA) is 175 Å². The highest BCUT2D eigenvalue weighted by molar-refractivity contribution is 5.81. The van der Waals surface area contributed by atoms with Gasteiger partial charge >= 0.3 is 0 Å². The van der Waals surface area contributed by atoms with Crippen LogP contribution in [0.1, 0.15) is 86.5 Å². The van der Waals surface area contributed by atoms with Gasteiger partial charge in [0.1, 0.15) is 0 Å². The molecule has 0 saturated carbocycles. The predicted octanol–water partition coefficient (Wildman–Crippen LogP) is 3.93. The monoisotopic (exact) mass is 844 g/mol. The molecule has 4 N–H and O–H groups in total. The van der Waals surface area contributed by atoms with E-state index in [0.29, 0.717) is 37.3 Å². The molecule has 8 atom stereocenters. The number of fused-ring (bicyclic) bond motifs is 8. The van der Waals surface area contributed by atoms with Crippen LogP contribution >= 0.6 is 0 Å². The van der Waals surface area contributed by atoms with Crippen molar-refractivity contribution in [3.63, 3.8) is 0 Å². The summed E-state index contributed by atoms with van der Waals surface area (Å²) in [4.78, 5) is 66.1. The van der Waals surface area contributed by atoms with Crippen LogP contribution in [0.15, 0.2) is 94.8 Å². The van der Waals surface area contributed by atoms with Crippen molar-refractivity contribution in [1.29, 1.82) is 0 Å². The molecule has 4 aliphatic rings. The van der Waals surface area contributed by atoms with Crippen molar-refractivity contribution < 1.29 is 19.8 Å². The maximum atomic E-state index is 13.4. The summed E-state index contributed by atoms with van der Waals surface area (Å²) in [5.41, 5.74) is 4.51. The molecule has 14 nitrogen and oxygen atoms in total. The number of nitrogens with one attached hydrogen (secondary N) is 2. The van der Waals surface area contributed by atoms with E-state index in [1.54, 1.807) is 12.4 Å². The number of hydrogen-bond donors (Lipinski definition) is 4. The van der Waals surface area contributed by atoms with Gasteiger partial charge < -0.3 is 30.0 Å². The lowest BCUT2D eigenvalue weighted by molar-refractivity contribution is -0.128. The molecule has 0 aromatic carbocycles. The first-order chi connectivity index (χ1) is 30.2. The number of carbonyl (C=O) groups is 2. The Morgan fingerprint density at radius 2 is 1.08 bits per heavy atom. The normalized spacial score (nSPS) is 25.0. The highest BCUT2D eigenvalue weighted by atomic mass is 16.3. The highest BCUT2D eigenvalue weighted by Gasteiger charge is 2.56. The molecule has 14 heteroatoms. The molecule has 2 fully saturated rings. The number of pyridine rings is 4. The Bertz CT molecular complexity index is 2200. The van der Waals surface area contributed by atoms with E-state index in [2.05, 4.69) is 44.2 Å². The van der Waals surface area contributed by atoms with E-state index in [4.69, 9.17) is 0 Å². The molecular weight excluding hydrogens is 785 g/mol. The van der Waals surface area contributed by atoms with E-state index >= 15 is 0 Å². The highest BCUT2D eigenvalue weighted by Crippen LogP contribution is 2.49. The Labute approximate surface area is 363 Å². The van der Waals surface area contributed by atoms with Gasteiger partial charge in [0, 0.05) is 85.1 Å². The molecule has 8 heterocycles. The molecular formula is C48H60N8O6. The van der Waals surface area contributed by atoms with Crippen LogP contribution < -0.4 is 21.8 Å². The number of allylic oxidation sites excluding steroid dienone is 2. The lowest BCUT2D eigenvalue weighted by atomic mass is 9.86. The quantitative estimate of drug-likeness (QED) is 0.146. The smallest absolute Gasteiger partial charge is 0.258 e. The average Bonchev–Trinajstić information content (AvgIpc) is 3.63. The van der Waals surface area contributed by atoms with Crippen LogP contribution in [0.3, 0.4) is 0 Å². The van der Waals surface area contributed by atoms with Crippen LogP contribution in [-0.2, 0) is 35.8 Å². The van der Waals surface area contributed by atoms with Crippen molar-refractivity contribution in [2.45, 2.75) is 90.9 Å². The van der Waals surface area contributed by atoms with Gasteiger partial charge in [-0.25, -0.2) is 0 Å². The number of hydrogen-bond acceptors (Lipinski definition) is 10. The Morgan fingerprint density at radius 3 is 1.42 bits per heavy atom. The minimum Gasteiger partial charge on any atom is -0.396 e. The zero-order chi connectivity index (χ0) is 43.9. The van der Waals surface area contributed by atoms with Gasteiger partial charge in [0.15, 0.2) is 0 Å². The van der Waals surface area contributed by atoms with Gasteiger partial charge in [-0.3, -0.25) is 38.9 Å². The molecule has 4 aromatic heterocycles. The number of amides is 2. The second-order valence-corrected chi connectivity index (χ2v) is 16.6. The second kappa shape index (κ2) is 20.1. The van der Waals surface area contributed by atoms with E-state index in [1.165, 1.54) is 0 Å². The van der Waals surface area contributed by atoms with Crippen LogP contribution in [0.5, 0.6) is 0 Å². The zero-order valence-corrected chi connectivity index (χ0v) is 36.1. The first-order valence-corrected chi connectivity index (χ1v) is 22.0. The number of aliphatic hydroxyl groups is 2. The lowest BCUT2D eigenvalue weighted by Gasteiger charge is -2.38. The van der Waals surface area contributed by atoms with E-state index in [1.807, 2.05) is 108 Å². The molecule has 8 rings (SSSR count). The van der Waals surface area contributed by atoms with E-state index in [0.717, 1.165) is 48.7 Å². The Kier molecular flexibility index (Phi) is 14.4. The summed E-state index contributed by atoms with van der Waals surface area (Å²) in [5.74, 6) is -1.51. The van der Waals surface area contributed by atoms with E-state index in [9.17, 15) is 29.4 Å². The molecule has 4 aromatic rings. The summed E-state index contributed by atoms with van der Waals surface area (Å²) in [6.45, 7) is 11.1. The van der Waals surface area contributed by atoms with Crippen LogP contribution in [0.25, 0.3) is 12.2 Å². The number of aromatic nitrogens is 4.